The van der Waals surface area contributed by atoms with Crippen LogP contribution in [-0.4, -0.2) is 12.1 Å². The highest BCUT2D eigenvalue weighted by atomic mass is 19.3. The molecule has 0 spiro atoms. The minimum absolute atomic E-state index is 0.169. The minimum atomic E-state index is -2.56. The number of alkyl halides is 2. The molecule has 2 rings (SSSR count). The van der Waals surface area contributed by atoms with Crippen molar-refractivity contribution in [3.8, 4) is 5.75 Å². The maximum atomic E-state index is 12.8. The lowest BCUT2D eigenvalue weighted by molar-refractivity contribution is 0.148. The van der Waals surface area contributed by atoms with Gasteiger partial charge in [0.1, 0.15) is 11.4 Å². The summed E-state index contributed by atoms with van der Waals surface area (Å²) in [5, 5.41) is 1.20. The SMILES string of the molecule is COc1ccc2c(C(F)F)nc(C)cc2c1. The first-order valence-corrected chi connectivity index (χ1v) is 4.85. The molecule has 0 aliphatic rings. The standard InChI is InChI=1S/C12H11F2NO/c1-7-5-8-6-9(16-2)3-4-10(8)11(15-7)12(13)14/h3-6,12H,1-2H3. The van der Waals surface area contributed by atoms with Gasteiger partial charge in [0.2, 0.25) is 0 Å². The lowest BCUT2D eigenvalue weighted by Gasteiger charge is -2.08. The summed E-state index contributed by atoms with van der Waals surface area (Å²) in [6.45, 7) is 1.70. The van der Waals surface area contributed by atoms with Gasteiger partial charge in [0.15, 0.2) is 0 Å². The third kappa shape index (κ3) is 1.83. The Morgan fingerprint density at radius 2 is 2.00 bits per heavy atom. The highest BCUT2D eigenvalue weighted by Gasteiger charge is 2.14. The van der Waals surface area contributed by atoms with E-state index < -0.39 is 6.43 Å². The number of nitrogens with zero attached hydrogens (tertiary/aromatic N) is 1. The van der Waals surface area contributed by atoms with Crippen molar-refractivity contribution >= 4 is 10.8 Å². The topological polar surface area (TPSA) is 22.1 Å². The van der Waals surface area contributed by atoms with E-state index in [1.54, 1.807) is 38.3 Å². The molecule has 1 aromatic carbocycles. The zero-order valence-electron chi connectivity index (χ0n) is 9.00. The molecule has 0 radical (unpaired) electrons. The molecule has 4 heteroatoms. The summed E-state index contributed by atoms with van der Waals surface area (Å²) in [6.07, 6.45) is -2.56. The number of aromatic nitrogens is 1. The fraction of sp³-hybridized carbons (Fsp3) is 0.250. The van der Waals surface area contributed by atoms with E-state index in [9.17, 15) is 8.78 Å². The Morgan fingerprint density at radius 1 is 1.25 bits per heavy atom. The summed E-state index contributed by atoms with van der Waals surface area (Å²) in [4.78, 5) is 3.87. The Bertz CT molecular complexity index is 526. The lowest BCUT2D eigenvalue weighted by Crippen LogP contribution is -1.95. The Balaban J connectivity index is 2.73. The highest BCUT2D eigenvalue weighted by molar-refractivity contribution is 5.86. The highest BCUT2D eigenvalue weighted by Crippen LogP contribution is 2.29. The van der Waals surface area contributed by atoms with Crippen LogP contribution in [0.2, 0.25) is 0 Å². The third-order valence-corrected chi connectivity index (χ3v) is 2.40. The van der Waals surface area contributed by atoms with Crippen LogP contribution in [0, 0.1) is 6.92 Å². The summed E-state index contributed by atoms with van der Waals surface area (Å²) >= 11 is 0. The molecule has 0 saturated carbocycles. The van der Waals surface area contributed by atoms with E-state index in [1.165, 1.54) is 0 Å². The second-order valence-electron chi connectivity index (χ2n) is 3.54. The quantitative estimate of drug-likeness (QED) is 0.777. The van der Waals surface area contributed by atoms with Gasteiger partial charge in [-0.2, -0.15) is 0 Å². The molecule has 84 valence electrons. The van der Waals surface area contributed by atoms with Gasteiger partial charge in [-0.1, -0.05) is 0 Å². The van der Waals surface area contributed by atoms with Crippen molar-refractivity contribution in [2.24, 2.45) is 0 Å². The van der Waals surface area contributed by atoms with E-state index in [2.05, 4.69) is 4.98 Å². The van der Waals surface area contributed by atoms with Crippen LogP contribution in [0.4, 0.5) is 8.78 Å². The van der Waals surface area contributed by atoms with Gasteiger partial charge in [-0.05, 0) is 36.6 Å². The Morgan fingerprint density at radius 3 is 2.62 bits per heavy atom. The van der Waals surface area contributed by atoms with Crippen molar-refractivity contribution in [3.63, 3.8) is 0 Å². The number of hydrogen-bond acceptors (Lipinski definition) is 2. The van der Waals surface area contributed by atoms with Crippen molar-refractivity contribution in [3.05, 3.63) is 35.7 Å². The van der Waals surface area contributed by atoms with Gasteiger partial charge in [-0.3, -0.25) is 4.98 Å². The molecule has 0 aliphatic carbocycles. The lowest BCUT2D eigenvalue weighted by atomic mass is 10.1. The van der Waals surface area contributed by atoms with Crippen molar-refractivity contribution in [1.82, 2.24) is 4.98 Å². The molecule has 0 fully saturated rings. The first-order chi connectivity index (χ1) is 7.61. The van der Waals surface area contributed by atoms with Gasteiger partial charge >= 0.3 is 0 Å². The number of methoxy groups -OCH3 is 1. The number of rotatable bonds is 2. The number of aryl methyl sites for hydroxylation is 1. The fourth-order valence-electron chi connectivity index (χ4n) is 1.69. The minimum Gasteiger partial charge on any atom is -0.497 e. The second kappa shape index (κ2) is 4.04. The van der Waals surface area contributed by atoms with Gasteiger partial charge < -0.3 is 4.74 Å². The van der Waals surface area contributed by atoms with Crippen LogP contribution < -0.4 is 4.74 Å². The summed E-state index contributed by atoms with van der Waals surface area (Å²) in [5.74, 6) is 0.651. The van der Waals surface area contributed by atoms with Crippen LogP contribution >= 0.6 is 0 Å². The number of pyridine rings is 1. The zero-order valence-corrected chi connectivity index (χ0v) is 9.00. The normalized spacial score (nSPS) is 11.1. The Kier molecular flexibility index (Phi) is 2.73. The summed E-state index contributed by atoms with van der Waals surface area (Å²) in [6, 6.07) is 6.77. The molecule has 2 nitrogen and oxygen atoms in total. The van der Waals surface area contributed by atoms with E-state index >= 15 is 0 Å². The molecule has 0 aliphatic heterocycles. The maximum Gasteiger partial charge on any atom is 0.280 e. The van der Waals surface area contributed by atoms with Crippen molar-refractivity contribution in [2.75, 3.05) is 7.11 Å². The predicted molar refractivity (Wildman–Crippen MR) is 58.0 cm³/mol. The monoisotopic (exact) mass is 223 g/mol. The number of benzene rings is 1. The molecular formula is C12H11F2NO. The van der Waals surface area contributed by atoms with E-state index in [4.69, 9.17) is 4.74 Å². The maximum absolute atomic E-state index is 12.8. The average molecular weight is 223 g/mol. The second-order valence-corrected chi connectivity index (χ2v) is 3.54. The van der Waals surface area contributed by atoms with Crippen LogP contribution in [0.3, 0.4) is 0 Å². The summed E-state index contributed by atoms with van der Waals surface area (Å²) in [5.41, 5.74) is 0.411. The number of fused-ring (bicyclic) bond motifs is 1. The number of ether oxygens (including phenoxy) is 1. The van der Waals surface area contributed by atoms with Crippen LogP contribution in [0.1, 0.15) is 17.8 Å². The van der Waals surface area contributed by atoms with Crippen molar-refractivity contribution in [2.45, 2.75) is 13.3 Å². The van der Waals surface area contributed by atoms with Crippen LogP contribution in [0.5, 0.6) is 5.75 Å². The van der Waals surface area contributed by atoms with Gasteiger partial charge in [0, 0.05) is 11.1 Å². The van der Waals surface area contributed by atoms with E-state index in [-0.39, 0.29) is 5.69 Å². The number of hydrogen-bond donors (Lipinski definition) is 0. The van der Waals surface area contributed by atoms with Gasteiger partial charge in [-0.15, -0.1) is 0 Å². The number of halogens is 2. The fourth-order valence-corrected chi connectivity index (χ4v) is 1.69. The zero-order chi connectivity index (χ0) is 11.7. The Hall–Kier alpha value is -1.71. The first kappa shape index (κ1) is 10.8. The first-order valence-electron chi connectivity index (χ1n) is 4.85. The molecular weight excluding hydrogens is 212 g/mol. The summed E-state index contributed by atoms with van der Waals surface area (Å²) < 4.78 is 30.6. The summed E-state index contributed by atoms with van der Waals surface area (Å²) in [7, 11) is 1.54. The largest absolute Gasteiger partial charge is 0.497 e. The third-order valence-electron chi connectivity index (χ3n) is 2.40. The molecule has 0 unspecified atom stereocenters. The molecule has 0 bridgehead atoms. The van der Waals surface area contributed by atoms with Crippen molar-refractivity contribution < 1.29 is 13.5 Å². The molecule has 1 heterocycles. The van der Waals surface area contributed by atoms with E-state index in [1.807, 2.05) is 0 Å². The Labute approximate surface area is 91.9 Å². The smallest absolute Gasteiger partial charge is 0.280 e. The molecule has 0 N–H and O–H groups in total. The molecule has 16 heavy (non-hydrogen) atoms. The van der Waals surface area contributed by atoms with Gasteiger partial charge in [0.25, 0.3) is 6.43 Å². The van der Waals surface area contributed by atoms with Gasteiger partial charge in [-0.25, -0.2) is 8.78 Å². The molecule has 0 amide bonds. The molecule has 0 saturated heterocycles. The van der Waals surface area contributed by atoms with Gasteiger partial charge in [0.05, 0.1) is 7.11 Å². The predicted octanol–water partition coefficient (Wildman–Crippen LogP) is 3.49. The van der Waals surface area contributed by atoms with E-state index in [0.717, 1.165) is 5.39 Å². The van der Waals surface area contributed by atoms with Crippen LogP contribution in [0.25, 0.3) is 10.8 Å². The average Bonchev–Trinajstić information content (AvgIpc) is 2.26. The van der Waals surface area contributed by atoms with Crippen LogP contribution in [0.15, 0.2) is 24.3 Å². The molecule has 0 atom stereocenters. The molecule has 2 aromatic rings. The molecule has 1 aromatic heterocycles. The van der Waals surface area contributed by atoms with Crippen molar-refractivity contribution in [1.29, 1.82) is 0 Å². The van der Waals surface area contributed by atoms with Crippen LogP contribution in [-0.2, 0) is 0 Å². The van der Waals surface area contributed by atoms with E-state index in [0.29, 0.717) is 16.8 Å².